The average Bonchev–Trinajstić information content (AvgIpc) is 2.86. The molecule has 0 aromatic heterocycles. The first-order valence-corrected chi connectivity index (χ1v) is 6.69. The van der Waals surface area contributed by atoms with Crippen LogP contribution in [0.3, 0.4) is 0 Å². The molecular weight excluding hydrogens is 236 g/mol. The van der Waals surface area contributed by atoms with Crippen molar-refractivity contribution in [2.75, 3.05) is 13.2 Å². The van der Waals surface area contributed by atoms with E-state index in [1.807, 2.05) is 0 Å². The normalized spacial score (nSPS) is 22.4. The van der Waals surface area contributed by atoms with Gasteiger partial charge in [0.25, 0.3) is 0 Å². The lowest BCUT2D eigenvalue weighted by Gasteiger charge is -2.26. The van der Waals surface area contributed by atoms with Gasteiger partial charge in [-0.2, -0.15) is 0 Å². The van der Waals surface area contributed by atoms with Crippen molar-refractivity contribution in [3.8, 4) is 0 Å². The van der Waals surface area contributed by atoms with Crippen LogP contribution in [0, 0.1) is 5.92 Å². The Morgan fingerprint density at radius 3 is 2.65 bits per heavy atom. The molecule has 0 bridgehead atoms. The second-order valence-electron chi connectivity index (χ2n) is 4.87. The lowest BCUT2D eigenvalue weighted by Crippen LogP contribution is -2.19. The molecule has 0 saturated carbocycles. The zero-order valence-electron chi connectivity index (χ0n) is 9.82. The van der Waals surface area contributed by atoms with Gasteiger partial charge in [0.05, 0.1) is 18.6 Å². The molecule has 3 heteroatoms. The molecule has 1 aromatic rings. The number of hydrogen-bond acceptors (Lipinski definition) is 2. The summed E-state index contributed by atoms with van der Waals surface area (Å²) in [5.74, 6) is 0.547. The van der Waals surface area contributed by atoms with Crippen LogP contribution in [0.1, 0.15) is 34.9 Å². The van der Waals surface area contributed by atoms with E-state index < -0.39 is 0 Å². The molecule has 0 N–H and O–H groups in total. The van der Waals surface area contributed by atoms with Gasteiger partial charge in [-0.3, -0.25) is 0 Å². The first-order valence-electron chi connectivity index (χ1n) is 6.26. The van der Waals surface area contributed by atoms with Crippen LogP contribution in [-0.4, -0.2) is 13.2 Å². The van der Waals surface area contributed by atoms with Crippen LogP contribution in [0.15, 0.2) is 18.2 Å². The van der Waals surface area contributed by atoms with E-state index >= 15 is 0 Å². The minimum atomic E-state index is 0.116. The highest BCUT2D eigenvalue weighted by atomic mass is 35.5. The predicted molar refractivity (Wildman–Crippen MR) is 67.1 cm³/mol. The summed E-state index contributed by atoms with van der Waals surface area (Å²) < 4.78 is 10.8. The van der Waals surface area contributed by atoms with Crippen molar-refractivity contribution in [2.45, 2.75) is 31.4 Å². The van der Waals surface area contributed by atoms with E-state index in [2.05, 4.69) is 18.2 Å². The predicted octanol–water partition coefficient (Wildman–Crippen LogP) is 3.42. The lowest BCUT2D eigenvalue weighted by atomic mass is 9.90. The lowest BCUT2D eigenvalue weighted by molar-refractivity contribution is 0.0650. The fraction of sp³-hybridized carbons (Fsp3) is 0.571. The standard InChI is InChI=1S/C14H17ClO2/c15-14(10-3-5-16-6-4-10)11-1-2-12-8-17-9-13(12)7-11/h1-2,7,10,14H,3-6,8-9H2. The van der Waals surface area contributed by atoms with Crippen LogP contribution in [-0.2, 0) is 22.7 Å². The third-order valence-electron chi connectivity index (χ3n) is 3.74. The topological polar surface area (TPSA) is 18.5 Å². The third kappa shape index (κ3) is 2.35. The minimum absolute atomic E-state index is 0.116. The minimum Gasteiger partial charge on any atom is -0.381 e. The van der Waals surface area contributed by atoms with Gasteiger partial charge in [-0.05, 0) is 35.4 Å². The van der Waals surface area contributed by atoms with Crippen LogP contribution < -0.4 is 0 Å². The summed E-state index contributed by atoms with van der Waals surface area (Å²) in [4.78, 5) is 0. The summed E-state index contributed by atoms with van der Waals surface area (Å²) in [5.41, 5.74) is 3.85. The molecule has 3 rings (SSSR count). The molecule has 1 unspecified atom stereocenters. The number of alkyl halides is 1. The number of benzene rings is 1. The molecule has 0 spiro atoms. The quantitative estimate of drug-likeness (QED) is 0.751. The van der Waals surface area contributed by atoms with Gasteiger partial charge in [0, 0.05) is 13.2 Å². The maximum atomic E-state index is 6.59. The largest absolute Gasteiger partial charge is 0.381 e. The van der Waals surface area contributed by atoms with Crippen molar-refractivity contribution in [1.29, 1.82) is 0 Å². The SMILES string of the molecule is ClC(c1ccc2c(c1)COC2)C1CCOCC1. The van der Waals surface area contributed by atoms with Gasteiger partial charge in [-0.25, -0.2) is 0 Å². The van der Waals surface area contributed by atoms with E-state index in [-0.39, 0.29) is 5.38 Å². The van der Waals surface area contributed by atoms with E-state index in [0.29, 0.717) is 5.92 Å². The highest BCUT2D eigenvalue weighted by molar-refractivity contribution is 6.21. The highest BCUT2D eigenvalue weighted by Gasteiger charge is 2.24. The molecule has 1 saturated heterocycles. The molecule has 0 aliphatic carbocycles. The monoisotopic (exact) mass is 252 g/mol. The van der Waals surface area contributed by atoms with E-state index in [1.54, 1.807) is 0 Å². The summed E-state index contributed by atoms with van der Waals surface area (Å²) in [6.07, 6.45) is 2.14. The van der Waals surface area contributed by atoms with Crippen molar-refractivity contribution in [1.82, 2.24) is 0 Å². The van der Waals surface area contributed by atoms with E-state index in [9.17, 15) is 0 Å². The van der Waals surface area contributed by atoms with Crippen LogP contribution in [0.5, 0.6) is 0 Å². The average molecular weight is 253 g/mol. The highest BCUT2D eigenvalue weighted by Crippen LogP contribution is 2.36. The fourth-order valence-electron chi connectivity index (χ4n) is 2.64. The van der Waals surface area contributed by atoms with Crippen LogP contribution in [0.2, 0.25) is 0 Å². The Morgan fingerprint density at radius 1 is 1.06 bits per heavy atom. The second kappa shape index (κ2) is 4.97. The van der Waals surface area contributed by atoms with Gasteiger partial charge in [-0.1, -0.05) is 18.2 Å². The molecule has 0 radical (unpaired) electrons. The van der Waals surface area contributed by atoms with Crippen molar-refractivity contribution < 1.29 is 9.47 Å². The Balaban J connectivity index is 1.78. The first-order chi connectivity index (χ1) is 8.34. The van der Waals surface area contributed by atoms with Gasteiger partial charge in [0.2, 0.25) is 0 Å². The van der Waals surface area contributed by atoms with Crippen LogP contribution >= 0.6 is 11.6 Å². The number of fused-ring (bicyclic) bond motifs is 1. The van der Waals surface area contributed by atoms with E-state index in [0.717, 1.165) is 39.3 Å². The Morgan fingerprint density at radius 2 is 1.82 bits per heavy atom. The van der Waals surface area contributed by atoms with Gasteiger partial charge in [-0.15, -0.1) is 11.6 Å². The maximum absolute atomic E-state index is 6.59. The van der Waals surface area contributed by atoms with Gasteiger partial charge in [0.15, 0.2) is 0 Å². The molecule has 2 aliphatic rings. The summed E-state index contributed by atoms with van der Waals surface area (Å²) in [5, 5.41) is 0.116. The number of ether oxygens (including phenoxy) is 2. The summed E-state index contributed by atoms with van der Waals surface area (Å²) >= 11 is 6.59. The molecule has 1 aromatic carbocycles. The first kappa shape index (κ1) is 11.5. The molecule has 2 heterocycles. The van der Waals surface area contributed by atoms with Gasteiger partial charge >= 0.3 is 0 Å². The van der Waals surface area contributed by atoms with E-state index in [4.69, 9.17) is 21.1 Å². The summed E-state index contributed by atoms with van der Waals surface area (Å²) in [7, 11) is 0. The summed E-state index contributed by atoms with van der Waals surface area (Å²) in [6.45, 7) is 3.18. The van der Waals surface area contributed by atoms with Gasteiger partial charge < -0.3 is 9.47 Å². The molecule has 17 heavy (non-hydrogen) atoms. The molecular formula is C14H17ClO2. The van der Waals surface area contributed by atoms with Crippen molar-refractivity contribution in [2.24, 2.45) is 5.92 Å². The molecule has 2 aliphatic heterocycles. The molecule has 0 amide bonds. The van der Waals surface area contributed by atoms with Crippen molar-refractivity contribution >= 4 is 11.6 Å². The Hall–Kier alpha value is -0.570. The van der Waals surface area contributed by atoms with E-state index in [1.165, 1.54) is 16.7 Å². The van der Waals surface area contributed by atoms with Crippen LogP contribution in [0.25, 0.3) is 0 Å². The number of hydrogen-bond donors (Lipinski definition) is 0. The smallest absolute Gasteiger partial charge is 0.0725 e. The number of rotatable bonds is 2. The van der Waals surface area contributed by atoms with Crippen molar-refractivity contribution in [3.63, 3.8) is 0 Å². The van der Waals surface area contributed by atoms with Crippen LogP contribution in [0.4, 0.5) is 0 Å². The zero-order chi connectivity index (χ0) is 11.7. The Bertz CT molecular complexity index is 399. The summed E-state index contributed by atoms with van der Waals surface area (Å²) in [6, 6.07) is 6.53. The Kier molecular flexibility index (Phi) is 3.37. The third-order valence-corrected chi connectivity index (χ3v) is 4.35. The maximum Gasteiger partial charge on any atom is 0.0725 e. The molecule has 2 nitrogen and oxygen atoms in total. The van der Waals surface area contributed by atoms with Gasteiger partial charge in [0.1, 0.15) is 0 Å². The molecule has 92 valence electrons. The van der Waals surface area contributed by atoms with Crippen molar-refractivity contribution in [3.05, 3.63) is 34.9 Å². The molecule has 1 atom stereocenters. The number of halogens is 1. The molecule has 1 fully saturated rings. The fourth-order valence-corrected chi connectivity index (χ4v) is 3.03. The second-order valence-corrected chi connectivity index (χ2v) is 5.34. The Labute approximate surface area is 107 Å². The zero-order valence-corrected chi connectivity index (χ0v) is 10.6.